The maximum absolute atomic E-state index is 13.1. The molecule has 0 fully saturated rings. The van der Waals surface area contributed by atoms with Gasteiger partial charge in [-0.05, 0) is 38.5 Å². The lowest BCUT2D eigenvalue weighted by atomic mass is 10.1. The van der Waals surface area contributed by atoms with E-state index in [1.165, 1.54) is 12.1 Å². The lowest BCUT2D eigenvalue weighted by Gasteiger charge is -2.25. The quantitative estimate of drug-likeness (QED) is 0.627. The van der Waals surface area contributed by atoms with Crippen molar-refractivity contribution in [3.8, 4) is 0 Å². The molecule has 1 aromatic carbocycles. The summed E-state index contributed by atoms with van der Waals surface area (Å²) in [5.74, 6) is 1.51. The predicted octanol–water partition coefficient (Wildman–Crippen LogP) is 3.45. The van der Waals surface area contributed by atoms with Gasteiger partial charge in [-0.15, -0.1) is 24.0 Å². The van der Waals surface area contributed by atoms with Crippen molar-refractivity contribution >= 4 is 29.9 Å². The minimum absolute atomic E-state index is 0. The van der Waals surface area contributed by atoms with Gasteiger partial charge in [-0.2, -0.15) is 4.98 Å². The Kier molecular flexibility index (Phi) is 7.54. The Morgan fingerprint density at radius 3 is 2.67 bits per heavy atom. The van der Waals surface area contributed by atoms with Crippen LogP contribution in [0.3, 0.4) is 0 Å². The molecule has 1 aliphatic heterocycles. The van der Waals surface area contributed by atoms with Gasteiger partial charge in [-0.3, -0.25) is 4.99 Å². The first-order valence-electron chi connectivity index (χ1n) is 8.67. The van der Waals surface area contributed by atoms with Crippen molar-refractivity contribution in [2.24, 2.45) is 4.99 Å². The summed E-state index contributed by atoms with van der Waals surface area (Å²) in [5, 5.41) is 7.31. The molecule has 9 heteroatoms. The molecule has 0 amide bonds. The van der Waals surface area contributed by atoms with Crippen molar-refractivity contribution in [2.45, 2.75) is 45.6 Å². The van der Waals surface area contributed by atoms with E-state index < -0.39 is 0 Å². The maximum atomic E-state index is 13.1. The van der Waals surface area contributed by atoms with E-state index in [0.717, 1.165) is 11.5 Å². The number of hydrogen-bond donors (Lipinski definition) is 1. The van der Waals surface area contributed by atoms with Crippen LogP contribution in [-0.4, -0.2) is 40.7 Å². The number of guanidine groups is 1. The summed E-state index contributed by atoms with van der Waals surface area (Å²) in [5.41, 5.74) is 1.02. The molecule has 0 aliphatic carbocycles. The maximum Gasteiger partial charge on any atom is 0.252 e. The number of ether oxygens (including phenoxy) is 1. The van der Waals surface area contributed by atoms with Crippen molar-refractivity contribution in [1.29, 1.82) is 0 Å². The van der Waals surface area contributed by atoms with Crippen LogP contribution in [0.2, 0.25) is 0 Å². The fourth-order valence-electron chi connectivity index (χ4n) is 2.71. The fourth-order valence-corrected chi connectivity index (χ4v) is 2.71. The van der Waals surface area contributed by atoms with E-state index in [2.05, 4.69) is 20.4 Å². The number of aromatic nitrogens is 2. The van der Waals surface area contributed by atoms with Crippen LogP contribution < -0.4 is 5.32 Å². The van der Waals surface area contributed by atoms with Crippen LogP contribution in [0.4, 0.5) is 4.39 Å². The SMILES string of the molecule is CC(C)OCc1nc(C(C)NC2=NCC(c3ccc(F)cc3)N2C)no1.I. The lowest BCUT2D eigenvalue weighted by molar-refractivity contribution is 0.0485. The molecule has 27 heavy (non-hydrogen) atoms. The molecule has 0 radical (unpaired) electrons. The molecule has 3 rings (SSSR count). The number of hydrogen-bond acceptors (Lipinski definition) is 7. The number of likely N-dealkylation sites (N-methyl/N-ethyl adjacent to an activating group) is 1. The number of aliphatic imine (C=N–C) groups is 1. The van der Waals surface area contributed by atoms with Crippen molar-refractivity contribution in [3.05, 3.63) is 47.4 Å². The van der Waals surface area contributed by atoms with Gasteiger partial charge in [0.1, 0.15) is 12.4 Å². The minimum atomic E-state index is -0.239. The largest absolute Gasteiger partial charge is 0.369 e. The summed E-state index contributed by atoms with van der Waals surface area (Å²) in [6.07, 6.45) is 0.103. The number of nitrogens with one attached hydrogen (secondary N) is 1. The first-order chi connectivity index (χ1) is 12.4. The third-order valence-electron chi connectivity index (χ3n) is 4.23. The van der Waals surface area contributed by atoms with Gasteiger partial charge in [-0.25, -0.2) is 4.39 Å². The van der Waals surface area contributed by atoms with Gasteiger partial charge in [0, 0.05) is 7.05 Å². The topological polar surface area (TPSA) is 75.8 Å². The molecule has 0 bridgehead atoms. The monoisotopic (exact) mass is 489 g/mol. The van der Waals surface area contributed by atoms with Crippen LogP contribution in [0.25, 0.3) is 0 Å². The zero-order valence-electron chi connectivity index (χ0n) is 15.8. The van der Waals surface area contributed by atoms with E-state index in [9.17, 15) is 4.39 Å². The van der Waals surface area contributed by atoms with Crippen molar-refractivity contribution in [3.63, 3.8) is 0 Å². The molecule has 0 saturated carbocycles. The Morgan fingerprint density at radius 2 is 2.00 bits per heavy atom. The van der Waals surface area contributed by atoms with Crippen molar-refractivity contribution < 1.29 is 13.7 Å². The number of benzene rings is 1. The van der Waals surface area contributed by atoms with Crippen LogP contribution in [0.5, 0.6) is 0 Å². The molecule has 1 aromatic heterocycles. The summed E-state index contributed by atoms with van der Waals surface area (Å²) >= 11 is 0. The Labute approximate surface area is 175 Å². The third kappa shape index (κ3) is 5.38. The number of halogens is 2. The zero-order valence-corrected chi connectivity index (χ0v) is 18.2. The van der Waals surface area contributed by atoms with E-state index in [-0.39, 0.29) is 48.0 Å². The van der Waals surface area contributed by atoms with Crippen LogP contribution in [0.1, 0.15) is 50.1 Å². The van der Waals surface area contributed by atoms with Crippen LogP contribution in [0, 0.1) is 5.82 Å². The fraction of sp³-hybridized carbons (Fsp3) is 0.500. The van der Waals surface area contributed by atoms with Crippen LogP contribution in [-0.2, 0) is 11.3 Å². The molecule has 0 saturated heterocycles. The third-order valence-corrected chi connectivity index (χ3v) is 4.23. The normalized spacial score (nSPS) is 17.6. The highest BCUT2D eigenvalue weighted by atomic mass is 127. The van der Waals surface area contributed by atoms with Gasteiger partial charge in [0.2, 0.25) is 0 Å². The Hall–Kier alpha value is -1.75. The molecule has 7 nitrogen and oxygen atoms in total. The van der Waals surface area contributed by atoms with Crippen molar-refractivity contribution in [2.75, 3.05) is 13.6 Å². The van der Waals surface area contributed by atoms with Gasteiger partial charge in [0.25, 0.3) is 5.89 Å². The molecule has 2 atom stereocenters. The molecule has 2 unspecified atom stereocenters. The van der Waals surface area contributed by atoms with E-state index in [1.807, 2.05) is 32.7 Å². The summed E-state index contributed by atoms with van der Waals surface area (Å²) in [7, 11) is 1.96. The van der Waals surface area contributed by atoms with Crippen LogP contribution in [0.15, 0.2) is 33.8 Å². The highest BCUT2D eigenvalue weighted by Crippen LogP contribution is 2.25. The standard InChI is InChI=1S/C18H24FN5O2.HI/c1-11(2)25-10-16-22-17(23-26-16)12(3)21-18-20-9-15(24(18)4)13-5-7-14(19)8-6-13;/h5-8,11-12,15H,9-10H2,1-4H3,(H,20,21);1H. The van der Waals surface area contributed by atoms with Crippen molar-refractivity contribution in [1.82, 2.24) is 20.4 Å². The Bertz CT molecular complexity index is 765. The highest BCUT2D eigenvalue weighted by Gasteiger charge is 2.27. The molecule has 1 aliphatic rings. The van der Waals surface area contributed by atoms with Gasteiger partial charge >= 0.3 is 0 Å². The minimum Gasteiger partial charge on any atom is -0.369 e. The lowest BCUT2D eigenvalue weighted by Crippen LogP contribution is -2.38. The predicted molar refractivity (Wildman–Crippen MR) is 110 cm³/mol. The molecule has 2 heterocycles. The average molecular weight is 489 g/mol. The molecular weight excluding hydrogens is 464 g/mol. The molecule has 1 N–H and O–H groups in total. The number of nitrogens with zero attached hydrogens (tertiary/aromatic N) is 4. The molecular formula is C18H25FIN5O2. The highest BCUT2D eigenvalue weighted by molar-refractivity contribution is 14.0. The second kappa shape index (κ2) is 9.45. The zero-order chi connectivity index (χ0) is 18.7. The summed E-state index contributed by atoms with van der Waals surface area (Å²) in [6.45, 7) is 6.75. The van der Waals surface area contributed by atoms with Crippen LogP contribution >= 0.6 is 24.0 Å². The van der Waals surface area contributed by atoms with E-state index in [4.69, 9.17) is 9.26 Å². The molecule has 2 aromatic rings. The van der Waals surface area contributed by atoms with E-state index >= 15 is 0 Å². The van der Waals surface area contributed by atoms with Gasteiger partial charge in [-0.1, -0.05) is 17.3 Å². The summed E-state index contributed by atoms with van der Waals surface area (Å²) in [4.78, 5) is 10.9. The smallest absolute Gasteiger partial charge is 0.252 e. The molecule has 148 valence electrons. The van der Waals surface area contributed by atoms with E-state index in [1.54, 1.807) is 12.1 Å². The first-order valence-corrected chi connectivity index (χ1v) is 8.67. The van der Waals surface area contributed by atoms with Gasteiger partial charge < -0.3 is 19.5 Å². The average Bonchev–Trinajstić information content (AvgIpc) is 3.22. The second-order valence-corrected chi connectivity index (χ2v) is 6.61. The second-order valence-electron chi connectivity index (χ2n) is 6.61. The van der Waals surface area contributed by atoms with Gasteiger partial charge in [0.05, 0.1) is 24.7 Å². The van der Waals surface area contributed by atoms with Gasteiger partial charge in [0.15, 0.2) is 11.8 Å². The Balaban J connectivity index is 0.00000261. The first kappa shape index (κ1) is 21.5. The summed E-state index contributed by atoms with van der Waals surface area (Å²) in [6, 6.07) is 6.43. The Morgan fingerprint density at radius 1 is 1.30 bits per heavy atom. The summed E-state index contributed by atoms with van der Waals surface area (Å²) < 4.78 is 23.8. The molecule has 0 spiro atoms. The van der Waals surface area contributed by atoms with E-state index in [0.29, 0.717) is 24.9 Å². The number of rotatable bonds is 6.